The largest absolute Gasteiger partial charge is 0.493 e. The fourth-order valence-electron chi connectivity index (χ4n) is 4.60. The summed E-state index contributed by atoms with van der Waals surface area (Å²) in [6.45, 7) is 5.21. The van der Waals surface area contributed by atoms with E-state index in [0.29, 0.717) is 37.4 Å². The summed E-state index contributed by atoms with van der Waals surface area (Å²) in [5, 5.41) is 14.0. The van der Waals surface area contributed by atoms with Gasteiger partial charge in [-0.15, -0.1) is 0 Å². The van der Waals surface area contributed by atoms with Crippen LogP contribution in [0.15, 0.2) is 42.5 Å². The Kier molecular flexibility index (Phi) is 10.3. The predicted molar refractivity (Wildman–Crippen MR) is 147 cm³/mol. The number of rotatable bonds is 12. The number of amides is 5. The second-order valence-electron chi connectivity index (χ2n) is 10.00. The number of carbonyl (C=O) groups excluding carboxylic acids is 5. The molecule has 41 heavy (non-hydrogen) atoms. The first-order valence-electron chi connectivity index (χ1n) is 13.0. The Hall–Kier alpha value is -4.65. The van der Waals surface area contributed by atoms with Crippen LogP contribution in [-0.2, 0) is 35.8 Å². The van der Waals surface area contributed by atoms with Crippen LogP contribution >= 0.6 is 0 Å². The van der Waals surface area contributed by atoms with Crippen molar-refractivity contribution in [1.82, 2.24) is 15.7 Å². The molecule has 2 unspecified atom stereocenters. The molecule has 0 bridgehead atoms. The number of primary amides is 1. The van der Waals surface area contributed by atoms with Crippen molar-refractivity contribution >= 4 is 35.4 Å². The molecule has 1 aliphatic heterocycles. The molecule has 2 aromatic rings. The molecule has 1 saturated heterocycles. The van der Waals surface area contributed by atoms with Crippen molar-refractivity contribution in [2.75, 3.05) is 31.6 Å². The average molecular weight is 570 g/mol. The highest BCUT2D eigenvalue weighted by Crippen LogP contribution is 2.37. The molecule has 220 valence electrons. The van der Waals surface area contributed by atoms with Crippen LogP contribution in [0, 0.1) is 6.92 Å². The third-order valence-electron chi connectivity index (χ3n) is 6.91. The smallest absolute Gasteiger partial charge is 0.405 e. The molecule has 1 aliphatic rings. The third kappa shape index (κ3) is 8.18. The number of hydroxylamine groups is 1. The average Bonchev–Trinajstić information content (AvgIpc) is 3.24. The van der Waals surface area contributed by atoms with Crippen molar-refractivity contribution in [3.8, 4) is 5.75 Å². The predicted octanol–water partition coefficient (Wildman–Crippen LogP) is 1.15. The molecule has 6 N–H and O–H groups in total. The quantitative estimate of drug-likeness (QED) is 0.186. The van der Waals surface area contributed by atoms with Gasteiger partial charge in [0.1, 0.15) is 11.8 Å². The van der Waals surface area contributed by atoms with Crippen molar-refractivity contribution in [1.29, 1.82) is 0 Å². The van der Waals surface area contributed by atoms with Crippen LogP contribution in [0.1, 0.15) is 37.0 Å². The number of hydrogen-bond acceptors (Lipinski definition) is 8. The van der Waals surface area contributed by atoms with Gasteiger partial charge < -0.3 is 30.7 Å². The fraction of sp³-hybridized carbons (Fsp3) is 0.393. The Balaban J connectivity index is 1.52. The van der Waals surface area contributed by atoms with Crippen molar-refractivity contribution in [3.63, 3.8) is 0 Å². The molecule has 2 aromatic carbocycles. The first kappa shape index (κ1) is 30.9. The molecule has 2 atom stereocenters. The molecule has 13 heteroatoms. The van der Waals surface area contributed by atoms with E-state index >= 15 is 0 Å². The molecule has 1 fully saturated rings. The minimum absolute atomic E-state index is 0.177. The van der Waals surface area contributed by atoms with Gasteiger partial charge in [0, 0.05) is 18.7 Å². The van der Waals surface area contributed by atoms with Crippen LogP contribution < -0.4 is 26.6 Å². The molecular weight excluding hydrogens is 534 g/mol. The monoisotopic (exact) mass is 569 g/mol. The molecule has 0 radical (unpaired) electrons. The fourth-order valence-corrected chi connectivity index (χ4v) is 4.60. The van der Waals surface area contributed by atoms with Gasteiger partial charge in [0.15, 0.2) is 6.61 Å². The van der Waals surface area contributed by atoms with E-state index in [1.54, 1.807) is 30.6 Å². The lowest BCUT2D eigenvalue weighted by molar-refractivity contribution is -0.143. The summed E-state index contributed by atoms with van der Waals surface area (Å²) in [6.07, 6.45) is 0.0171. The van der Waals surface area contributed by atoms with Gasteiger partial charge in [0.05, 0.1) is 18.6 Å². The molecular formula is C28H35N5O8. The van der Waals surface area contributed by atoms with Crippen molar-refractivity contribution in [2.24, 2.45) is 5.73 Å². The van der Waals surface area contributed by atoms with Crippen LogP contribution in [0.5, 0.6) is 5.75 Å². The Bertz CT molecular complexity index is 1300. The van der Waals surface area contributed by atoms with Gasteiger partial charge in [-0.25, -0.2) is 10.3 Å². The zero-order valence-electron chi connectivity index (χ0n) is 23.2. The van der Waals surface area contributed by atoms with Gasteiger partial charge in [-0.2, -0.15) is 0 Å². The molecule has 5 amide bonds. The summed E-state index contributed by atoms with van der Waals surface area (Å²) < 4.78 is 10.3. The number of hydrogen-bond donors (Lipinski definition) is 5. The summed E-state index contributed by atoms with van der Waals surface area (Å²) in [4.78, 5) is 60.7. The molecule has 3 rings (SSSR count). The summed E-state index contributed by atoms with van der Waals surface area (Å²) in [7, 11) is 0. The lowest BCUT2D eigenvalue weighted by Crippen LogP contribution is -2.47. The number of benzene rings is 2. The van der Waals surface area contributed by atoms with E-state index in [1.807, 2.05) is 38.1 Å². The van der Waals surface area contributed by atoms with E-state index < -0.39 is 41.9 Å². The number of nitrogens with one attached hydrogen (secondary N) is 3. The van der Waals surface area contributed by atoms with Crippen LogP contribution in [0.3, 0.4) is 0 Å². The second kappa shape index (κ2) is 13.6. The van der Waals surface area contributed by atoms with Gasteiger partial charge in [-0.05, 0) is 68.1 Å². The van der Waals surface area contributed by atoms with Crippen LogP contribution in [0.2, 0.25) is 0 Å². The zero-order chi connectivity index (χ0) is 30.2. The van der Waals surface area contributed by atoms with Crippen molar-refractivity contribution < 1.29 is 38.7 Å². The third-order valence-corrected chi connectivity index (χ3v) is 6.91. The summed E-state index contributed by atoms with van der Waals surface area (Å²) >= 11 is 0. The van der Waals surface area contributed by atoms with Gasteiger partial charge in [-0.1, -0.05) is 18.2 Å². The van der Waals surface area contributed by atoms with Crippen molar-refractivity contribution in [2.45, 2.75) is 45.1 Å². The molecule has 0 spiro atoms. The zero-order valence-corrected chi connectivity index (χ0v) is 23.2. The normalized spacial score (nSPS) is 17.0. The highest BCUT2D eigenvalue weighted by molar-refractivity contribution is 5.95. The number of likely N-dealkylation sites (tertiary alicyclic amines) is 1. The second-order valence-corrected chi connectivity index (χ2v) is 10.00. The van der Waals surface area contributed by atoms with Crippen LogP contribution in [0.25, 0.3) is 0 Å². The highest BCUT2D eigenvalue weighted by Gasteiger charge is 2.46. The standard InChI is InChI=1S/C28H35N5O8/c1-17-12-19(14-21(13-17)31-23(34)15-30-24(35)16-41-27(29)38)8-11-40-22-6-4-20(5-7-22)28(3)9-10-33(26(28)37)18(2)25(36)32-39/h4-7,12-14,18,39H,8-11,15-16H2,1-3H3,(H2,29,38)(H,30,35)(H,31,34)(H,32,36). The molecule has 0 aliphatic carbocycles. The first-order valence-corrected chi connectivity index (χ1v) is 13.0. The SMILES string of the molecule is Cc1cc(CCOc2ccc(C3(C)CCN(C(C)C(=O)NO)C3=O)cc2)cc(NC(=O)CNC(=O)COC(N)=O)c1. The Morgan fingerprint density at radius 1 is 1.12 bits per heavy atom. The van der Waals surface area contributed by atoms with E-state index in [1.165, 1.54) is 4.90 Å². The Morgan fingerprint density at radius 3 is 2.49 bits per heavy atom. The number of aryl methyl sites for hydroxylation is 1. The topological polar surface area (TPSA) is 189 Å². The van der Waals surface area contributed by atoms with E-state index in [-0.39, 0.29) is 12.5 Å². The number of nitrogens with two attached hydrogens (primary N) is 1. The minimum Gasteiger partial charge on any atom is -0.493 e. The minimum atomic E-state index is -1.08. The van der Waals surface area contributed by atoms with Crippen molar-refractivity contribution in [3.05, 3.63) is 59.2 Å². The molecule has 0 aromatic heterocycles. The maximum absolute atomic E-state index is 13.1. The lowest BCUT2D eigenvalue weighted by Gasteiger charge is -2.27. The molecule has 1 heterocycles. The van der Waals surface area contributed by atoms with E-state index in [4.69, 9.17) is 15.7 Å². The maximum Gasteiger partial charge on any atom is 0.405 e. The van der Waals surface area contributed by atoms with Crippen LogP contribution in [-0.4, -0.2) is 72.2 Å². The number of ether oxygens (including phenoxy) is 2. The summed E-state index contributed by atoms with van der Waals surface area (Å²) in [6, 6.07) is 12.1. The van der Waals surface area contributed by atoms with E-state index in [2.05, 4.69) is 15.4 Å². The highest BCUT2D eigenvalue weighted by atomic mass is 16.5. The van der Waals surface area contributed by atoms with Gasteiger partial charge in [0.25, 0.3) is 11.8 Å². The maximum atomic E-state index is 13.1. The Labute approximate surface area is 237 Å². The Morgan fingerprint density at radius 2 is 1.83 bits per heavy atom. The first-order chi connectivity index (χ1) is 19.4. The van der Waals surface area contributed by atoms with Gasteiger partial charge in [0.2, 0.25) is 11.8 Å². The number of anilines is 1. The summed E-state index contributed by atoms with van der Waals surface area (Å²) in [5.74, 6) is -1.28. The van der Waals surface area contributed by atoms with Gasteiger partial charge in [-0.3, -0.25) is 24.4 Å². The summed E-state index contributed by atoms with van der Waals surface area (Å²) in [5.41, 5.74) is 8.84. The van der Waals surface area contributed by atoms with Crippen LogP contribution in [0.4, 0.5) is 10.5 Å². The number of carbonyl (C=O) groups is 5. The van der Waals surface area contributed by atoms with E-state index in [0.717, 1.165) is 16.7 Å². The van der Waals surface area contributed by atoms with Gasteiger partial charge >= 0.3 is 6.09 Å². The molecule has 0 saturated carbocycles. The number of nitrogens with zero attached hydrogens (tertiary/aromatic N) is 1. The lowest BCUT2D eigenvalue weighted by atomic mass is 9.81. The van der Waals surface area contributed by atoms with E-state index in [9.17, 15) is 24.0 Å². The molecule has 13 nitrogen and oxygen atoms in total.